The molecule has 2 aliphatic rings. The van der Waals surface area contributed by atoms with Gasteiger partial charge in [0, 0.05) is 12.6 Å². The quantitative estimate of drug-likeness (QED) is 0.863. The summed E-state index contributed by atoms with van der Waals surface area (Å²) in [6.45, 7) is 1.13. The van der Waals surface area contributed by atoms with Crippen LogP contribution in [-0.2, 0) is 6.42 Å². The van der Waals surface area contributed by atoms with Gasteiger partial charge in [-0.15, -0.1) is 5.10 Å². The van der Waals surface area contributed by atoms with Gasteiger partial charge in [0.05, 0.1) is 18.7 Å². The van der Waals surface area contributed by atoms with Crippen LogP contribution < -0.4 is 0 Å². The molecule has 2 atom stereocenters. The number of benzene rings is 1. The fourth-order valence-corrected chi connectivity index (χ4v) is 4.66. The van der Waals surface area contributed by atoms with Gasteiger partial charge >= 0.3 is 0 Å². The third kappa shape index (κ3) is 3.67. The molecule has 2 heterocycles. The Hall–Kier alpha value is -1.79. The number of nitrogens with zero attached hydrogens (tertiary/aromatic N) is 5. The standard InChI is InChI=1S/C20H29N5O/c26-15-18-11-12-19(24(18)14-13-16-7-3-1-4-8-16)20-21-22-23-25(20)17-9-5-2-6-10-17/h1,3-4,7-8,17-19,26H,2,5-6,9-15H2/t18-,19-/m0/s1. The van der Waals surface area contributed by atoms with Crippen LogP contribution in [0.1, 0.15) is 68.4 Å². The number of aliphatic hydroxyl groups is 1. The maximum absolute atomic E-state index is 9.87. The number of aliphatic hydroxyl groups excluding tert-OH is 1. The van der Waals surface area contributed by atoms with E-state index in [9.17, 15) is 5.11 Å². The Kier molecular flexibility index (Phi) is 5.60. The van der Waals surface area contributed by atoms with Crippen LogP contribution >= 0.6 is 0 Å². The van der Waals surface area contributed by atoms with Crippen LogP contribution in [0, 0.1) is 0 Å². The van der Waals surface area contributed by atoms with E-state index in [1.165, 1.54) is 37.7 Å². The average Bonchev–Trinajstić information content (AvgIpc) is 3.34. The van der Waals surface area contributed by atoms with E-state index >= 15 is 0 Å². The largest absolute Gasteiger partial charge is 0.395 e. The lowest BCUT2D eigenvalue weighted by molar-refractivity contribution is 0.123. The molecule has 2 aromatic rings. The van der Waals surface area contributed by atoms with Gasteiger partial charge in [-0.3, -0.25) is 4.90 Å². The van der Waals surface area contributed by atoms with Crippen LogP contribution in [0.3, 0.4) is 0 Å². The molecule has 140 valence electrons. The molecule has 0 bridgehead atoms. The molecule has 0 amide bonds. The van der Waals surface area contributed by atoms with E-state index < -0.39 is 0 Å². The summed E-state index contributed by atoms with van der Waals surface area (Å²) in [6.07, 6.45) is 9.24. The summed E-state index contributed by atoms with van der Waals surface area (Å²) in [5.41, 5.74) is 1.33. The Labute approximate surface area is 155 Å². The average molecular weight is 355 g/mol. The summed E-state index contributed by atoms with van der Waals surface area (Å²) >= 11 is 0. The van der Waals surface area contributed by atoms with Crippen molar-refractivity contribution >= 4 is 0 Å². The molecule has 1 N–H and O–H groups in total. The van der Waals surface area contributed by atoms with Gasteiger partial charge in [-0.1, -0.05) is 49.6 Å². The first-order valence-electron chi connectivity index (χ1n) is 10.0. The van der Waals surface area contributed by atoms with Crippen LogP contribution in [0.25, 0.3) is 0 Å². The third-order valence-corrected chi connectivity index (χ3v) is 6.09. The third-order valence-electron chi connectivity index (χ3n) is 6.09. The van der Waals surface area contributed by atoms with Crippen molar-refractivity contribution in [3.05, 3.63) is 41.7 Å². The maximum Gasteiger partial charge on any atom is 0.168 e. The predicted molar refractivity (Wildman–Crippen MR) is 99.6 cm³/mol. The zero-order valence-corrected chi connectivity index (χ0v) is 15.4. The molecule has 0 radical (unpaired) electrons. The van der Waals surface area contributed by atoms with E-state index in [1.54, 1.807) is 0 Å². The topological polar surface area (TPSA) is 67.1 Å². The van der Waals surface area contributed by atoms with E-state index in [2.05, 4.69) is 55.4 Å². The minimum Gasteiger partial charge on any atom is -0.395 e. The minimum atomic E-state index is 0.205. The highest BCUT2D eigenvalue weighted by molar-refractivity contribution is 5.15. The van der Waals surface area contributed by atoms with Crippen molar-refractivity contribution in [1.29, 1.82) is 0 Å². The van der Waals surface area contributed by atoms with Crippen LogP contribution in [-0.4, -0.2) is 49.4 Å². The fourth-order valence-electron chi connectivity index (χ4n) is 4.66. The summed E-state index contributed by atoms with van der Waals surface area (Å²) < 4.78 is 2.10. The number of tetrazole rings is 1. The zero-order valence-electron chi connectivity index (χ0n) is 15.4. The molecule has 1 aromatic heterocycles. The van der Waals surface area contributed by atoms with Crippen LogP contribution in [0.2, 0.25) is 0 Å². The van der Waals surface area contributed by atoms with Crippen LogP contribution in [0.5, 0.6) is 0 Å². The molecule has 2 fully saturated rings. The van der Waals surface area contributed by atoms with Crippen molar-refractivity contribution < 1.29 is 5.11 Å². The number of rotatable bonds is 6. The Morgan fingerprint density at radius 1 is 1.00 bits per heavy atom. The Morgan fingerprint density at radius 2 is 1.81 bits per heavy atom. The summed E-state index contributed by atoms with van der Waals surface area (Å²) in [4.78, 5) is 2.43. The van der Waals surface area contributed by atoms with Crippen molar-refractivity contribution in [3.8, 4) is 0 Å². The van der Waals surface area contributed by atoms with Gasteiger partial charge < -0.3 is 5.11 Å². The van der Waals surface area contributed by atoms with E-state index in [4.69, 9.17) is 0 Å². The van der Waals surface area contributed by atoms with Crippen molar-refractivity contribution in [1.82, 2.24) is 25.1 Å². The van der Waals surface area contributed by atoms with Gasteiger partial charge in [-0.2, -0.15) is 0 Å². The smallest absolute Gasteiger partial charge is 0.168 e. The first-order valence-corrected chi connectivity index (χ1v) is 10.0. The number of hydrogen-bond acceptors (Lipinski definition) is 5. The van der Waals surface area contributed by atoms with Crippen molar-refractivity contribution in [2.75, 3.05) is 13.2 Å². The highest BCUT2D eigenvalue weighted by Crippen LogP contribution is 2.37. The molecule has 6 nitrogen and oxygen atoms in total. The molecule has 1 saturated carbocycles. The lowest BCUT2D eigenvalue weighted by atomic mass is 9.95. The second kappa shape index (κ2) is 8.27. The number of hydrogen-bond donors (Lipinski definition) is 1. The second-order valence-electron chi connectivity index (χ2n) is 7.68. The predicted octanol–water partition coefficient (Wildman–Crippen LogP) is 2.92. The first-order chi connectivity index (χ1) is 12.9. The maximum atomic E-state index is 9.87. The molecule has 26 heavy (non-hydrogen) atoms. The summed E-state index contributed by atoms with van der Waals surface area (Å²) in [7, 11) is 0. The van der Waals surface area contributed by atoms with Gasteiger partial charge in [0.1, 0.15) is 0 Å². The molecule has 0 spiro atoms. The number of aromatic nitrogens is 4. The lowest BCUT2D eigenvalue weighted by Crippen LogP contribution is -2.37. The van der Waals surface area contributed by atoms with Crippen molar-refractivity contribution in [2.24, 2.45) is 0 Å². The van der Waals surface area contributed by atoms with E-state index in [0.29, 0.717) is 6.04 Å². The lowest BCUT2D eigenvalue weighted by Gasteiger charge is -2.30. The zero-order chi connectivity index (χ0) is 17.8. The minimum absolute atomic E-state index is 0.205. The molecular formula is C20H29N5O. The number of likely N-dealkylation sites (tertiary alicyclic amines) is 1. The van der Waals surface area contributed by atoms with Crippen molar-refractivity contribution in [3.63, 3.8) is 0 Å². The van der Waals surface area contributed by atoms with Gasteiger partial charge in [0.2, 0.25) is 0 Å². The van der Waals surface area contributed by atoms with Gasteiger partial charge in [0.25, 0.3) is 0 Å². The molecule has 0 unspecified atom stereocenters. The molecule has 1 aliphatic carbocycles. The second-order valence-corrected chi connectivity index (χ2v) is 7.68. The van der Waals surface area contributed by atoms with Gasteiger partial charge in [-0.05, 0) is 48.1 Å². The van der Waals surface area contributed by atoms with E-state index in [1.807, 2.05) is 0 Å². The van der Waals surface area contributed by atoms with Crippen LogP contribution in [0.4, 0.5) is 0 Å². The fraction of sp³-hybridized carbons (Fsp3) is 0.650. The van der Waals surface area contributed by atoms with Crippen molar-refractivity contribution in [2.45, 2.75) is 69.5 Å². The molecular weight excluding hydrogens is 326 g/mol. The Balaban J connectivity index is 1.52. The molecule has 4 rings (SSSR count). The van der Waals surface area contributed by atoms with Gasteiger partial charge in [-0.25, -0.2) is 4.68 Å². The van der Waals surface area contributed by atoms with E-state index in [0.717, 1.165) is 31.6 Å². The van der Waals surface area contributed by atoms with Crippen LogP contribution in [0.15, 0.2) is 30.3 Å². The molecule has 1 aliphatic heterocycles. The molecule has 6 heteroatoms. The summed E-state index contributed by atoms with van der Waals surface area (Å²) in [5.74, 6) is 1.00. The molecule has 1 saturated heterocycles. The normalized spacial score (nSPS) is 25.0. The first kappa shape index (κ1) is 17.6. The van der Waals surface area contributed by atoms with E-state index in [-0.39, 0.29) is 18.7 Å². The summed E-state index contributed by atoms with van der Waals surface area (Å²) in [5, 5.41) is 22.7. The highest BCUT2D eigenvalue weighted by atomic mass is 16.3. The SMILES string of the molecule is OC[C@@H]1CC[C@@H](c2nnnn2C2CCCCC2)N1CCc1ccccc1. The Bertz CT molecular complexity index is 683. The molecule has 1 aromatic carbocycles. The summed E-state index contributed by atoms with van der Waals surface area (Å²) in [6, 6.07) is 11.4. The monoisotopic (exact) mass is 355 g/mol. The highest BCUT2D eigenvalue weighted by Gasteiger charge is 2.37. The van der Waals surface area contributed by atoms with Gasteiger partial charge in [0.15, 0.2) is 5.82 Å². The Morgan fingerprint density at radius 3 is 2.58 bits per heavy atom.